The van der Waals surface area contributed by atoms with E-state index in [1.54, 1.807) is 0 Å². The summed E-state index contributed by atoms with van der Waals surface area (Å²) in [5.74, 6) is -1.86. The van der Waals surface area contributed by atoms with Crippen molar-refractivity contribution in [2.24, 2.45) is 0 Å². The minimum absolute atomic E-state index is 0.162. The average Bonchev–Trinajstić information content (AvgIpc) is 2.22. The summed E-state index contributed by atoms with van der Waals surface area (Å²) in [5, 5.41) is 2.82. The van der Waals surface area contributed by atoms with Crippen LogP contribution in [-0.4, -0.2) is 12.0 Å². The minimum Gasteiger partial charge on any atom is -0.359 e. The number of ketones is 1. The smallest absolute Gasteiger partial charge is 0.359 e. The van der Waals surface area contributed by atoms with Crippen LogP contribution in [0.5, 0.6) is 0 Å². The number of aryl methyl sites for hydroxylation is 2. The Hall–Kier alpha value is -1.78. The number of carbonyl (C=O) groups excluding carboxylic acids is 1. The quantitative estimate of drug-likeness (QED) is 0.835. The lowest BCUT2D eigenvalue weighted by Crippen LogP contribution is -2.21. The topological polar surface area (TPSA) is 29.1 Å². The van der Waals surface area contributed by atoms with Crippen molar-refractivity contribution in [2.45, 2.75) is 26.9 Å². The van der Waals surface area contributed by atoms with E-state index in [4.69, 9.17) is 0 Å². The maximum absolute atomic E-state index is 12.1. The largest absolute Gasteiger partial charge is 0.454 e. The molecule has 0 amide bonds. The summed E-state index contributed by atoms with van der Waals surface area (Å²) in [6, 6.07) is 5.54. The molecule has 0 unspecified atom stereocenters. The maximum atomic E-state index is 12.1. The molecule has 5 heteroatoms. The van der Waals surface area contributed by atoms with Crippen LogP contribution in [0.2, 0.25) is 0 Å². The molecule has 0 aliphatic carbocycles. The average molecular weight is 257 g/mol. The molecule has 0 aliphatic rings. The summed E-state index contributed by atoms with van der Waals surface area (Å²) in [6.07, 6.45) is -4.27. The van der Waals surface area contributed by atoms with Gasteiger partial charge in [-0.25, -0.2) is 0 Å². The Labute approximate surface area is 104 Å². The van der Waals surface area contributed by atoms with Gasteiger partial charge >= 0.3 is 6.18 Å². The second-order valence-electron chi connectivity index (χ2n) is 4.08. The van der Waals surface area contributed by atoms with E-state index >= 15 is 0 Å². The highest BCUT2D eigenvalue weighted by Crippen LogP contribution is 2.22. The molecule has 0 atom stereocenters. The van der Waals surface area contributed by atoms with Crippen LogP contribution in [0.4, 0.5) is 18.9 Å². The summed E-state index contributed by atoms with van der Waals surface area (Å²) in [6.45, 7) is 5.11. The fraction of sp³-hybridized carbons (Fsp3) is 0.308. The monoisotopic (exact) mass is 257 g/mol. The van der Waals surface area contributed by atoms with Crippen molar-refractivity contribution >= 4 is 11.5 Å². The Kier molecular flexibility index (Phi) is 4.16. The molecule has 0 fully saturated rings. The molecule has 0 saturated heterocycles. The first-order valence-corrected chi connectivity index (χ1v) is 5.34. The zero-order valence-corrected chi connectivity index (χ0v) is 10.4. The SMILES string of the molecule is C/C(=C/C(=O)C(F)(F)F)Nc1c(C)cccc1C. The van der Waals surface area contributed by atoms with Crippen LogP contribution in [0.1, 0.15) is 18.1 Å². The standard InChI is InChI=1S/C13H14F3NO/c1-8-5-4-6-9(2)12(8)17-10(3)7-11(18)13(14,15)16/h4-7,17H,1-3H3/b10-7-. The van der Waals surface area contributed by atoms with Gasteiger partial charge in [0, 0.05) is 17.5 Å². The molecule has 0 radical (unpaired) electrons. The van der Waals surface area contributed by atoms with E-state index in [2.05, 4.69) is 5.32 Å². The highest BCUT2D eigenvalue weighted by molar-refractivity contribution is 5.95. The van der Waals surface area contributed by atoms with Crippen LogP contribution >= 0.6 is 0 Å². The van der Waals surface area contributed by atoms with Crippen molar-refractivity contribution in [3.63, 3.8) is 0 Å². The number of benzene rings is 1. The number of hydrogen-bond acceptors (Lipinski definition) is 2. The lowest BCUT2D eigenvalue weighted by atomic mass is 10.1. The number of rotatable bonds is 3. The number of anilines is 1. The molecule has 0 heterocycles. The van der Waals surface area contributed by atoms with Gasteiger partial charge in [-0.05, 0) is 31.9 Å². The van der Waals surface area contributed by atoms with E-state index in [0.717, 1.165) is 16.8 Å². The lowest BCUT2D eigenvalue weighted by molar-refractivity contribution is -0.165. The summed E-state index contributed by atoms with van der Waals surface area (Å²) in [5.41, 5.74) is 2.69. The van der Waals surface area contributed by atoms with Crippen LogP contribution in [0, 0.1) is 13.8 Å². The molecule has 1 rings (SSSR count). The highest BCUT2D eigenvalue weighted by atomic mass is 19.4. The number of halogens is 3. The van der Waals surface area contributed by atoms with E-state index < -0.39 is 12.0 Å². The summed E-state index contributed by atoms with van der Waals surface area (Å²) in [7, 11) is 0. The second kappa shape index (κ2) is 5.25. The normalized spacial score (nSPS) is 12.4. The molecule has 1 aromatic rings. The van der Waals surface area contributed by atoms with E-state index in [9.17, 15) is 18.0 Å². The molecular weight excluding hydrogens is 243 g/mol. The summed E-state index contributed by atoms with van der Waals surface area (Å²) < 4.78 is 36.3. The Morgan fingerprint density at radius 1 is 1.22 bits per heavy atom. The van der Waals surface area contributed by atoms with Crippen molar-refractivity contribution in [3.8, 4) is 0 Å². The van der Waals surface area contributed by atoms with Gasteiger partial charge in [0.1, 0.15) is 0 Å². The molecule has 0 aliphatic heterocycles. The zero-order valence-electron chi connectivity index (χ0n) is 10.4. The minimum atomic E-state index is -4.83. The van der Waals surface area contributed by atoms with Gasteiger partial charge in [0.15, 0.2) is 0 Å². The van der Waals surface area contributed by atoms with Gasteiger partial charge in [-0.3, -0.25) is 4.79 Å². The van der Waals surface area contributed by atoms with E-state index in [-0.39, 0.29) is 5.70 Å². The first kappa shape index (κ1) is 14.3. The van der Waals surface area contributed by atoms with Gasteiger partial charge < -0.3 is 5.32 Å². The zero-order chi connectivity index (χ0) is 13.9. The molecule has 1 N–H and O–H groups in total. The fourth-order valence-corrected chi connectivity index (χ4v) is 1.52. The molecule has 0 aromatic heterocycles. The summed E-state index contributed by atoms with van der Waals surface area (Å²) in [4.78, 5) is 10.8. The first-order chi connectivity index (χ1) is 8.21. The number of hydrogen-bond donors (Lipinski definition) is 1. The Morgan fingerprint density at radius 2 is 1.72 bits per heavy atom. The van der Waals surface area contributed by atoms with E-state index in [1.165, 1.54) is 6.92 Å². The van der Waals surface area contributed by atoms with Gasteiger partial charge in [0.05, 0.1) is 0 Å². The van der Waals surface area contributed by atoms with Crippen molar-refractivity contribution in [2.75, 3.05) is 5.32 Å². The molecule has 18 heavy (non-hydrogen) atoms. The molecule has 0 saturated carbocycles. The van der Waals surface area contributed by atoms with Crippen molar-refractivity contribution in [1.29, 1.82) is 0 Å². The third kappa shape index (κ3) is 3.61. The summed E-state index contributed by atoms with van der Waals surface area (Å²) >= 11 is 0. The van der Waals surface area contributed by atoms with Crippen LogP contribution in [-0.2, 0) is 4.79 Å². The van der Waals surface area contributed by atoms with Gasteiger partial charge in [-0.1, -0.05) is 18.2 Å². The molecule has 98 valence electrons. The Morgan fingerprint density at radius 3 is 2.17 bits per heavy atom. The van der Waals surface area contributed by atoms with Crippen LogP contribution < -0.4 is 5.32 Å². The number of para-hydroxylation sites is 1. The molecule has 0 bridgehead atoms. The number of alkyl halides is 3. The van der Waals surface area contributed by atoms with Crippen molar-refractivity contribution < 1.29 is 18.0 Å². The third-order valence-corrected chi connectivity index (χ3v) is 2.43. The first-order valence-electron chi connectivity index (χ1n) is 5.34. The van der Waals surface area contributed by atoms with Gasteiger partial charge in [-0.2, -0.15) is 13.2 Å². The number of nitrogens with one attached hydrogen (secondary N) is 1. The van der Waals surface area contributed by atoms with E-state index in [1.807, 2.05) is 32.0 Å². The van der Waals surface area contributed by atoms with Gasteiger partial charge in [0.2, 0.25) is 0 Å². The molecule has 1 aromatic carbocycles. The highest BCUT2D eigenvalue weighted by Gasteiger charge is 2.36. The predicted octanol–water partition coefficient (Wildman–Crippen LogP) is 3.75. The molecule has 0 spiro atoms. The van der Waals surface area contributed by atoms with Gasteiger partial charge in [-0.15, -0.1) is 0 Å². The van der Waals surface area contributed by atoms with Crippen LogP contribution in [0.15, 0.2) is 30.0 Å². The van der Waals surface area contributed by atoms with E-state index in [0.29, 0.717) is 6.08 Å². The van der Waals surface area contributed by atoms with Crippen molar-refractivity contribution in [3.05, 3.63) is 41.1 Å². The third-order valence-electron chi connectivity index (χ3n) is 2.43. The Balaban J connectivity index is 2.92. The maximum Gasteiger partial charge on any atom is 0.454 e. The molecule has 2 nitrogen and oxygen atoms in total. The van der Waals surface area contributed by atoms with Crippen molar-refractivity contribution in [1.82, 2.24) is 0 Å². The number of allylic oxidation sites excluding steroid dienone is 2. The predicted molar refractivity (Wildman–Crippen MR) is 64.4 cm³/mol. The van der Waals surface area contributed by atoms with Gasteiger partial charge in [0.25, 0.3) is 5.78 Å². The van der Waals surface area contributed by atoms with Crippen LogP contribution in [0.25, 0.3) is 0 Å². The van der Waals surface area contributed by atoms with Crippen LogP contribution in [0.3, 0.4) is 0 Å². The second-order valence-corrected chi connectivity index (χ2v) is 4.08. The lowest BCUT2D eigenvalue weighted by Gasteiger charge is -2.13. The fourth-order valence-electron chi connectivity index (χ4n) is 1.52. The Bertz CT molecular complexity index is 469. The molecular formula is C13H14F3NO. The number of carbonyl (C=O) groups is 1.